The van der Waals surface area contributed by atoms with E-state index in [1.54, 1.807) is 12.1 Å². The normalized spacial score (nSPS) is 12.5. The van der Waals surface area contributed by atoms with E-state index >= 15 is 0 Å². The zero-order valence-corrected chi connectivity index (χ0v) is 14.1. The van der Waals surface area contributed by atoms with E-state index in [-0.39, 0.29) is 24.5 Å². The number of hydrogen-bond acceptors (Lipinski definition) is 4. The largest absolute Gasteiger partial charge is 0.399 e. The number of rotatable bonds is 8. The molecule has 0 saturated carbocycles. The van der Waals surface area contributed by atoms with Crippen molar-refractivity contribution in [3.8, 4) is 0 Å². The first-order valence-corrected chi connectivity index (χ1v) is 8.79. The molecule has 1 rings (SSSR count). The zero-order chi connectivity index (χ0) is 16.0. The second-order valence-electron chi connectivity index (χ2n) is 5.62. The molecule has 21 heavy (non-hydrogen) atoms. The Kier molecular flexibility index (Phi) is 6.64. The van der Waals surface area contributed by atoms with E-state index in [0.29, 0.717) is 12.2 Å². The Hall–Kier alpha value is -1.11. The van der Waals surface area contributed by atoms with Crippen molar-refractivity contribution in [1.29, 1.82) is 0 Å². The molecule has 2 N–H and O–H groups in total. The first-order chi connectivity index (χ1) is 9.72. The van der Waals surface area contributed by atoms with E-state index in [2.05, 4.69) is 0 Å². The second-order valence-corrected chi connectivity index (χ2v) is 7.66. The molecule has 0 heterocycles. The Labute approximate surface area is 128 Å². The van der Waals surface area contributed by atoms with Crippen LogP contribution in [0.4, 0.5) is 5.69 Å². The maximum absolute atomic E-state index is 12.4. The van der Waals surface area contributed by atoms with Crippen molar-refractivity contribution in [2.45, 2.75) is 46.4 Å². The molecule has 0 aliphatic heterocycles. The predicted octanol–water partition coefficient (Wildman–Crippen LogP) is 2.23. The third-order valence-corrected chi connectivity index (χ3v) is 4.99. The summed E-state index contributed by atoms with van der Waals surface area (Å²) in [6.45, 7) is 8.09. The fourth-order valence-corrected chi connectivity index (χ4v) is 3.44. The summed E-state index contributed by atoms with van der Waals surface area (Å²) in [7, 11) is -3.35. The fraction of sp³-hybridized carbons (Fsp3) is 0.600. The quantitative estimate of drug-likeness (QED) is 0.747. The monoisotopic (exact) mass is 314 g/mol. The minimum atomic E-state index is -3.35. The number of hydrogen-bond donors (Lipinski definition) is 1. The Bertz CT molecular complexity index is 524. The van der Waals surface area contributed by atoms with Gasteiger partial charge in [0.1, 0.15) is 0 Å². The minimum Gasteiger partial charge on any atom is -0.399 e. The third kappa shape index (κ3) is 6.03. The molecule has 0 fully saturated rings. The van der Waals surface area contributed by atoms with Crippen molar-refractivity contribution in [1.82, 2.24) is 4.31 Å². The maximum Gasteiger partial charge on any atom is 0.216 e. The summed E-state index contributed by atoms with van der Waals surface area (Å²) in [6, 6.07) is 7.16. The molecule has 0 bridgehead atoms. The third-order valence-electron chi connectivity index (χ3n) is 3.04. The zero-order valence-electron chi connectivity index (χ0n) is 13.2. The van der Waals surface area contributed by atoms with Crippen LogP contribution in [0.25, 0.3) is 0 Å². The van der Waals surface area contributed by atoms with Gasteiger partial charge in [0.15, 0.2) is 0 Å². The fourth-order valence-electron chi connectivity index (χ4n) is 1.91. The summed E-state index contributed by atoms with van der Waals surface area (Å²) in [4.78, 5) is 0. The SMILES string of the molecule is CC(C)OCCS(=O)(=O)N(Cc1ccc(N)cc1)C(C)C. The molecule has 5 nitrogen and oxygen atoms in total. The lowest BCUT2D eigenvalue weighted by atomic mass is 10.2. The number of benzene rings is 1. The van der Waals surface area contributed by atoms with Gasteiger partial charge in [0.2, 0.25) is 10.0 Å². The molecule has 1 aromatic carbocycles. The highest BCUT2D eigenvalue weighted by Gasteiger charge is 2.25. The van der Waals surface area contributed by atoms with Crippen LogP contribution in [0.2, 0.25) is 0 Å². The van der Waals surface area contributed by atoms with Crippen molar-refractivity contribution in [2.75, 3.05) is 18.1 Å². The molecule has 1 aromatic rings. The highest BCUT2D eigenvalue weighted by Crippen LogP contribution is 2.15. The molecule has 0 unspecified atom stereocenters. The van der Waals surface area contributed by atoms with Gasteiger partial charge in [-0.05, 0) is 45.4 Å². The summed E-state index contributed by atoms with van der Waals surface area (Å²) in [5, 5.41) is 0. The topological polar surface area (TPSA) is 72.6 Å². The van der Waals surface area contributed by atoms with Gasteiger partial charge in [-0.2, -0.15) is 4.31 Å². The average molecular weight is 314 g/mol. The molecular weight excluding hydrogens is 288 g/mol. The molecule has 0 aliphatic carbocycles. The van der Waals surface area contributed by atoms with Crippen LogP contribution in [0.3, 0.4) is 0 Å². The van der Waals surface area contributed by atoms with Gasteiger partial charge >= 0.3 is 0 Å². The van der Waals surface area contributed by atoms with Crippen molar-refractivity contribution in [3.63, 3.8) is 0 Å². The van der Waals surface area contributed by atoms with E-state index in [1.807, 2.05) is 39.8 Å². The number of nitrogens with zero attached hydrogens (tertiary/aromatic N) is 1. The van der Waals surface area contributed by atoms with Crippen molar-refractivity contribution in [3.05, 3.63) is 29.8 Å². The van der Waals surface area contributed by atoms with Gasteiger partial charge in [-0.3, -0.25) is 0 Å². The lowest BCUT2D eigenvalue weighted by Crippen LogP contribution is -2.39. The van der Waals surface area contributed by atoms with E-state index < -0.39 is 10.0 Å². The number of anilines is 1. The van der Waals surface area contributed by atoms with Crippen LogP contribution in [-0.2, 0) is 21.3 Å². The number of sulfonamides is 1. The molecule has 0 aromatic heterocycles. The van der Waals surface area contributed by atoms with E-state index in [9.17, 15) is 8.42 Å². The Balaban J connectivity index is 2.78. The summed E-state index contributed by atoms with van der Waals surface area (Å²) in [5.74, 6) is -0.00165. The summed E-state index contributed by atoms with van der Waals surface area (Å²) in [5.41, 5.74) is 7.24. The molecule has 0 saturated heterocycles. The second kappa shape index (κ2) is 7.77. The molecule has 0 aliphatic rings. The first-order valence-electron chi connectivity index (χ1n) is 7.18. The highest BCUT2D eigenvalue weighted by atomic mass is 32.2. The standard InChI is InChI=1S/C15H26N2O3S/c1-12(2)17(11-14-5-7-15(16)8-6-14)21(18,19)10-9-20-13(3)4/h5-8,12-13H,9-11,16H2,1-4H3. The van der Waals surface area contributed by atoms with Gasteiger partial charge in [-0.25, -0.2) is 8.42 Å². The molecular formula is C15H26N2O3S. The number of ether oxygens (including phenoxy) is 1. The number of nitrogen functional groups attached to an aromatic ring is 1. The van der Waals surface area contributed by atoms with Crippen LogP contribution in [0, 0.1) is 0 Å². The van der Waals surface area contributed by atoms with Gasteiger partial charge in [0.05, 0.1) is 18.5 Å². The van der Waals surface area contributed by atoms with Crippen LogP contribution in [0.15, 0.2) is 24.3 Å². The molecule has 120 valence electrons. The lowest BCUT2D eigenvalue weighted by molar-refractivity contribution is 0.0905. The van der Waals surface area contributed by atoms with E-state index in [0.717, 1.165) is 5.56 Å². The summed E-state index contributed by atoms with van der Waals surface area (Å²) >= 11 is 0. The van der Waals surface area contributed by atoms with Crippen LogP contribution in [-0.4, -0.2) is 37.2 Å². The number of nitrogens with two attached hydrogens (primary N) is 1. The van der Waals surface area contributed by atoms with Gasteiger partial charge in [-0.15, -0.1) is 0 Å². The van der Waals surface area contributed by atoms with Gasteiger partial charge in [0, 0.05) is 18.3 Å². The van der Waals surface area contributed by atoms with Crippen molar-refractivity contribution in [2.24, 2.45) is 0 Å². The molecule has 0 amide bonds. The predicted molar refractivity (Wildman–Crippen MR) is 86.4 cm³/mol. The van der Waals surface area contributed by atoms with Crippen LogP contribution in [0.1, 0.15) is 33.3 Å². The molecule has 0 spiro atoms. The minimum absolute atomic E-state index is 0.00165. The molecule has 6 heteroatoms. The van der Waals surface area contributed by atoms with Gasteiger partial charge < -0.3 is 10.5 Å². The summed E-state index contributed by atoms with van der Waals surface area (Å²) in [6.07, 6.45) is 0.0322. The first kappa shape index (κ1) is 17.9. The lowest BCUT2D eigenvalue weighted by Gasteiger charge is -2.26. The van der Waals surface area contributed by atoms with Crippen LogP contribution in [0.5, 0.6) is 0 Å². The van der Waals surface area contributed by atoms with Gasteiger partial charge in [0.25, 0.3) is 0 Å². The van der Waals surface area contributed by atoms with Crippen molar-refractivity contribution >= 4 is 15.7 Å². The van der Waals surface area contributed by atoms with Crippen molar-refractivity contribution < 1.29 is 13.2 Å². The Morgan fingerprint density at radius 3 is 2.19 bits per heavy atom. The molecule has 0 atom stereocenters. The Morgan fingerprint density at radius 1 is 1.14 bits per heavy atom. The van der Waals surface area contributed by atoms with E-state index in [4.69, 9.17) is 10.5 Å². The summed E-state index contributed by atoms with van der Waals surface area (Å²) < 4.78 is 31.7. The smallest absolute Gasteiger partial charge is 0.216 e. The maximum atomic E-state index is 12.4. The van der Waals surface area contributed by atoms with Crippen LogP contribution < -0.4 is 5.73 Å². The van der Waals surface area contributed by atoms with Crippen LogP contribution >= 0.6 is 0 Å². The average Bonchev–Trinajstić information content (AvgIpc) is 2.36. The highest BCUT2D eigenvalue weighted by molar-refractivity contribution is 7.89. The molecule has 0 radical (unpaired) electrons. The van der Waals surface area contributed by atoms with E-state index in [1.165, 1.54) is 4.31 Å². The van der Waals surface area contributed by atoms with Gasteiger partial charge in [-0.1, -0.05) is 12.1 Å². The Morgan fingerprint density at radius 2 is 1.71 bits per heavy atom.